The van der Waals surface area contributed by atoms with E-state index in [0.717, 1.165) is 16.7 Å². The van der Waals surface area contributed by atoms with Crippen LogP contribution in [-0.2, 0) is 15.0 Å². The van der Waals surface area contributed by atoms with Crippen molar-refractivity contribution in [2.24, 2.45) is 5.92 Å². The third-order valence-electron chi connectivity index (χ3n) is 8.14. The van der Waals surface area contributed by atoms with E-state index in [2.05, 4.69) is 17.5 Å². The van der Waals surface area contributed by atoms with Crippen molar-refractivity contribution in [3.05, 3.63) is 89.5 Å². The van der Waals surface area contributed by atoms with Crippen molar-refractivity contribution in [3.8, 4) is 23.3 Å². The fraction of sp³-hybridized carbons (Fsp3) is 0.303. The Hall–Kier alpha value is -4.95. The van der Waals surface area contributed by atoms with E-state index in [1.54, 1.807) is 37.4 Å². The lowest BCUT2D eigenvalue weighted by molar-refractivity contribution is -0.136. The van der Waals surface area contributed by atoms with Crippen LogP contribution >= 0.6 is 0 Å². The maximum atomic E-state index is 14.2. The Bertz CT molecular complexity index is 1600. The number of nitrogens with one attached hydrogen (secondary N) is 1. The summed E-state index contributed by atoms with van der Waals surface area (Å²) in [5.41, 5.74) is 3.17. The lowest BCUT2D eigenvalue weighted by atomic mass is 9.80. The predicted molar refractivity (Wildman–Crippen MR) is 154 cm³/mol. The monoisotopic (exact) mass is 545 g/mol. The van der Waals surface area contributed by atoms with Crippen LogP contribution in [-0.4, -0.2) is 53.2 Å². The second-order valence-electron chi connectivity index (χ2n) is 11.2. The molecule has 41 heavy (non-hydrogen) atoms. The molecule has 2 aliphatic heterocycles. The smallest absolute Gasteiger partial charge is 0.254 e. The molecule has 3 aromatic rings. The third kappa shape index (κ3) is 4.94. The van der Waals surface area contributed by atoms with Crippen molar-refractivity contribution in [3.63, 3.8) is 0 Å². The van der Waals surface area contributed by atoms with Gasteiger partial charge in [0.1, 0.15) is 12.1 Å². The molecule has 2 aliphatic rings. The maximum absolute atomic E-state index is 14.2. The van der Waals surface area contributed by atoms with Crippen LogP contribution in [0.2, 0.25) is 0 Å². The number of para-hydroxylation sites is 1. The summed E-state index contributed by atoms with van der Waals surface area (Å²) in [4.78, 5) is 44.1. The van der Waals surface area contributed by atoms with E-state index in [-0.39, 0.29) is 36.6 Å². The first kappa shape index (κ1) is 27.6. The van der Waals surface area contributed by atoms with Crippen molar-refractivity contribution in [2.75, 3.05) is 18.9 Å². The van der Waals surface area contributed by atoms with Gasteiger partial charge in [0, 0.05) is 31.3 Å². The lowest BCUT2D eigenvalue weighted by Gasteiger charge is -2.33. The summed E-state index contributed by atoms with van der Waals surface area (Å²) in [6.45, 7) is 4.05. The summed E-state index contributed by atoms with van der Waals surface area (Å²) in [6.07, 6.45) is 0.609. The Morgan fingerprint density at radius 3 is 2.46 bits per heavy atom. The molecule has 1 spiro atoms. The fourth-order valence-corrected chi connectivity index (χ4v) is 5.96. The van der Waals surface area contributed by atoms with E-state index in [4.69, 9.17) is 5.26 Å². The highest BCUT2D eigenvalue weighted by atomic mass is 16.2. The highest BCUT2D eigenvalue weighted by Crippen LogP contribution is 2.46. The number of likely N-dealkylation sites (N-methyl/N-ethyl adjacent to an activating group) is 1. The van der Waals surface area contributed by atoms with E-state index in [1.807, 2.05) is 56.3 Å². The molecule has 8 heteroatoms. The molecule has 5 rings (SSSR count). The van der Waals surface area contributed by atoms with Crippen LogP contribution in [0.4, 0.5) is 5.69 Å². The molecule has 0 bridgehead atoms. The molecule has 0 saturated carbocycles. The van der Waals surface area contributed by atoms with Gasteiger partial charge < -0.3 is 15.1 Å². The van der Waals surface area contributed by atoms with Crippen LogP contribution in [0, 0.1) is 28.6 Å². The SMILES string of the molecule is CC(C)C[C@@H](C(=O)N1C[C@]2(C[C@H]1C#N)C(=O)Nc1ccccc12)N(C)C(=O)c1cccc(-c2ccc(C#N)cc2)c1. The standard InChI is InChI=1S/C33H31N5O3/c1-21(2)15-29(37(3)30(39)25-8-6-7-24(16-25)23-13-11-22(18-34)12-14-23)31(40)38-20-33(17-26(38)19-35)27-9-4-5-10-28(27)36-32(33)41/h4-14,16,21,26,29H,15,17,20H2,1-3H3,(H,36,41)/t26-,29-,33-/m0/s1. The normalized spacial score (nSPS) is 19.8. The topological polar surface area (TPSA) is 117 Å². The largest absolute Gasteiger partial charge is 0.330 e. The average Bonchev–Trinajstić information content (AvgIpc) is 3.52. The molecule has 3 aromatic carbocycles. The number of likely N-dealkylation sites (tertiary alicyclic amines) is 1. The van der Waals surface area contributed by atoms with Gasteiger partial charge >= 0.3 is 0 Å². The highest BCUT2D eigenvalue weighted by molar-refractivity contribution is 6.07. The van der Waals surface area contributed by atoms with Gasteiger partial charge in [-0.1, -0.05) is 56.3 Å². The number of nitrogens with zero attached hydrogens (tertiary/aromatic N) is 4. The molecule has 206 valence electrons. The van der Waals surface area contributed by atoms with E-state index in [9.17, 15) is 19.6 Å². The van der Waals surface area contributed by atoms with Gasteiger partial charge in [-0.25, -0.2) is 0 Å². The molecule has 2 heterocycles. The van der Waals surface area contributed by atoms with Gasteiger partial charge in [-0.15, -0.1) is 0 Å². The fourth-order valence-electron chi connectivity index (χ4n) is 5.96. The molecule has 3 atom stereocenters. The number of benzene rings is 3. The molecule has 1 fully saturated rings. The number of anilines is 1. The molecule has 8 nitrogen and oxygen atoms in total. The summed E-state index contributed by atoms with van der Waals surface area (Å²) in [5, 5.41) is 22.1. The summed E-state index contributed by atoms with van der Waals surface area (Å²) in [7, 11) is 1.62. The summed E-state index contributed by atoms with van der Waals surface area (Å²) < 4.78 is 0. The molecule has 0 aliphatic carbocycles. The minimum Gasteiger partial charge on any atom is -0.330 e. The Morgan fingerprint density at radius 2 is 1.78 bits per heavy atom. The zero-order valence-electron chi connectivity index (χ0n) is 23.3. The van der Waals surface area contributed by atoms with Crippen LogP contribution in [0.3, 0.4) is 0 Å². The molecule has 0 radical (unpaired) electrons. The Kier molecular flexibility index (Phi) is 7.34. The Balaban J connectivity index is 1.43. The number of nitriles is 2. The molecule has 3 amide bonds. The number of carbonyl (C=O) groups is 3. The minimum atomic E-state index is -0.993. The molecule has 0 aromatic heterocycles. The highest BCUT2D eigenvalue weighted by Gasteiger charge is 2.56. The zero-order valence-corrected chi connectivity index (χ0v) is 23.3. The minimum absolute atomic E-state index is 0.0811. The number of carbonyl (C=O) groups excluding carboxylic acids is 3. The second kappa shape index (κ2) is 10.9. The third-order valence-corrected chi connectivity index (χ3v) is 8.14. The van der Waals surface area contributed by atoms with Crippen molar-refractivity contribution >= 4 is 23.4 Å². The van der Waals surface area contributed by atoms with Gasteiger partial charge in [0.15, 0.2) is 0 Å². The van der Waals surface area contributed by atoms with Crippen LogP contribution in [0.1, 0.15) is 48.2 Å². The number of rotatable bonds is 6. The number of hydrogen-bond acceptors (Lipinski definition) is 5. The van der Waals surface area contributed by atoms with Crippen LogP contribution in [0.5, 0.6) is 0 Å². The van der Waals surface area contributed by atoms with Gasteiger partial charge in [0.05, 0.1) is 23.1 Å². The maximum Gasteiger partial charge on any atom is 0.254 e. The van der Waals surface area contributed by atoms with Gasteiger partial charge in [-0.3, -0.25) is 14.4 Å². The first-order valence-electron chi connectivity index (χ1n) is 13.7. The van der Waals surface area contributed by atoms with E-state index >= 15 is 0 Å². The summed E-state index contributed by atoms with van der Waals surface area (Å²) >= 11 is 0. The van der Waals surface area contributed by atoms with E-state index < -0.39 is 17.5 Å². The van der Waals surface area contributed by atoms with Gasteiger partial charge in [0.2, 0.25) is 11.8 Å². The van der Waals surface area contributed by atoms with E-state index in [0.29, 0.717) is 23.2 Å². The molecular weight excluding hydrogens is 514 g/mol. The van der Waals surface area contributed by atoms with Crippen LogP contribution < -0.4 is 5.32 Å². The Morgan fingerprint density at radius 1 is 1.05 bits per heavy atom. The quantitative estimate of drug-likeness (QED) is 0.481. The average molecular weight is 546 g/mol. The van der Waals surface area contributed by atoms with Crippen molar-refractivity contribution in [2.45, 2.75) is 44.2 Å². The molecular formula is C33H31N5O3. The van der Waals surface area contributed by atoms with Crippen LogP contribution in [0.15, 0.2) is 72.8 Å². The number of amides is 3. The first-order chi connectivity index (χ1) is 19.7. The molecule has 1 N–H and O–H groups in total. The summed E-state index contributed by atoms with van der Waals surface area (Å²) in [6, 6.07) is 24.4. The van der Waals surface area contributed by atoms with Crippen molar-refractivity contribution in [1.82, 2.24) is 9.80 Å². The predicted octanol–water partition coefficient (Wildman–Crippen LogP) is 4.73. The first-order valence-corrected chi connectivity index (χ1v) is 13.7. The van der Waals surface area contributed by atoms with Gasteiger partial charge in [-0.05, 0) is 59.4 Å². The lowest BCUT2D eigenvalue weighted by Crippen LogP contribution is -2.52. The van der Waals surface area contributed by atoms with Crippen LogP contribution in [0.25, 0.3) is 11.1 Å². The molecule has 0 unspecified atom stereocenters. The van der Waals surface area contributed by atoms with Gasteiger partial charge in [0.25, 0.3) is 5.91 Å². The Labute approximate surface area is 239 Å². The zero-order chi connectivity index (χ0) is 29.3. The van der Waals surface area contributed by atoms with Gasteiger partial charge in [-0.2, -0.15) is 10.5 Å². The number of fused-ring (bicyclic) bond motifs is 2. The van der Waals surface area contributed by atoms with E-state index in [1.165, 1.54) is 9.80 Å². The molecule has 1 saturated heterocycles. The second-order valence-corrected chi connectivity index (χ2v) is 11.2. The summed E-state index contributed by atoms with van der Waals surface area (Å²) in [5.74, 6) is -0.764. The van der Waals surface area contributed by atoms with Crippen molar-refractivity contribution in [1.29, 1.82) is 10.5 Å². The number of hydrogen-bond donors (Lipinski definition) is 1. The van der Waals surface area contributed by atoms with Crippen molar-refractivity contribution < 1.29 is 14.4 Å².